The molecule has 0 amide bonds. The van der Waals surface area contributed by atoms with Gasteiger partial charge in [0.15, 0.2) is 11.6 Å². The van der Waals surface area contributed by atoms with Crippen molar-refractivity contribution < 1.29 is 4.74 Å². The second-order valence-electron chi connectivity index (χ2n) is 6.20. The summed E-state index contributed by atoms with van der Waals surface area (Å²) in [7, 11) is 3.82. The number of halogens is 1. The molecule has 1 aromatic carbocycles. The molecule has 3 rings (SSSR count). The minimum absolute atomic E-state index is 0. The number of guanidine groups is 1. The van der Waals surface area contributed by atoms with Gasteiger partial charge in [0.2, 0.25) is 0 Å². The molecule has 0 aliphatic heterocycles. The van der Waals surface area contributed by atoms with Gasteiger partial charge in [0, 0.05) is 39.8 Å². The molecule has 3 aromatic rings. The van der Waals surface area contributed by atoms with Crippen LogP contribution < -0.4 is 10.1 Å². The lowest BCUT2D eigenvalue weighted by Gasteiger charge is -2.22. The number of aliphatic imine (C=N–C) groups is 1. The number of fused-ring (bicyclic) bond motifs is 1. The zero-order valence-corrected chi connectivity index (χ0v) is 18.8. The zero-order valence-electron chi connectivity index (χ0n) is 16.5. The third kappa shape index (κ3) is 5.57. The van der Waals surface area contributed by atoms with E-state index < -0.39 is 0 Å². The second-order valence-corrected chi connectivity index (χ2v) is 6.20. The number of rotatable bonds is 7. The first-order valence-electron chi connectivity index (χ1n) is 9.13. The fourth-order valence-electron chi connectivity index (χ4n) is 2.94. The predicted octanol–water partition coefficient (Wildman–Crippen LogP) is 3.00. The van der Waals surface area contributed by atoms with Crippen molar-refractivity contribution in [2.45, 2.75) is 19.9 Å². The van der Waals surface area contributed by atoms with Gasteiger partial charge in [0.1, 0.15) is 11.6 Å². The van der Waals surface area contributed by atoms with Gasteiger partial charge in [0.25, 0.3) is 0 Å². The van der Waals surface area contributed by atoms with Gasteiger partial charge in [-0.3, -0.25) is 9.39 Å². The monoisotopic (exact) mass is 494 g/mol. The Balaban J connectivity index is 0.00000280. The van der Waals surface area contributed by atoms with Crippen LogP contribution in [0.4, 0.5) is 0 Å². The molecule has 2 heterocycles. The third-order valence-electron chi connectivity index (χ3n) is 4.24. The fraction of sp³-hybridized carbons (Fsp3) is 0.350. The van der Waals surface area contributed by atoms with Crippen LogP contribution >= 0.6 is 24.0 Å². The summed E-state index contributed by atoms with van der Waals surface area (Å²) < 4.78 is 7.50. The highest BCUT2D eigenvalue weighted by Crippen LogP contribution is 2.13. The summed E-state index contributed by atoms with van der Waals surface area (Å²) in [4.78, 5) is 6.47. The lowest BCUT2D eigenvalue weighted by molar-refractivity contribution is 0.340. The Hall–Kier alpha value is -2.36. The quantitative estimate of drug-likeness (QED) is 0.311. The van der Waals surface area contributed by atoms with Gasteiger partial charge < -0.3 is 15.0 Å². The summed E-state index contributed by atoms with van der Waals surface area (Å²) in [5.41, 5.74) is 2.07. The molecule has 0 spiro atoms. The third-order valence-corrected chi connectivity index (χ3v) is 4.24. The van der Waals surface area contributed by atoms with E-state index in [2.05, 4.69) is 37.5 Å². The normalized spacial score (nSPS) is 11.2. The van der Waals surface area contributed by atoms with Gasteiger partial charge in [-0.2, -0.15) is 0 Å². The Morgan fingerprint density at radius 3 is 2.68 bits per heavy atom. The minimum atomic E-state index is 0. The second kappa shape index (κ2) is 10.8. The van der Waals surface area contributed by atoms with Crippen molar-refractivity contribution >= 4 is 35.6 Å². The van der Waals surface area contributed by atoms with Crippen molar-refractivity contribution in [3.8, 4) is 5.75 Å². The molecule has 0 aliphatic carbocycles. The number of hydrogen-bond acceptors (Lipinski definition) is 4. The molecule has 0 radical (unpaired) electrons. The van der Waals surface area contributed by atoms with E-state index in [1.165, 1.54) is 5.56 Å². The zero-order chi connectivity index (χ0) is 19.1. The van der Waals surface area contributed by atoms with Crippen molar-refractivity contribution in [3.63, 3.8) is 0 Å². The standard InChI is InChI=1S/C20H26N6O.HI/c1-4-27-17-10-8-16(9-11-17)15-25(3)20(21-2)22-13-12-19-24-23-18-7-5-6-14-26(18)19;/h5-11,14H,4,12-13,15H2,1-3H3,(H,21,22);1H. The van der Waals surface area contributed by atoms with Gasteiger partial charge in [0.05, 0.1) is 6.61 Å². The number of pyridine rings is 1. The summed E-state index contributed by atoms with van der Waals surface area (Å²) in [5, 5.41) is 11.8. The van der Waals surface area contributed by atoms with E-state index in [0.717, 1.165) is 42.7 Å². The molecule has 0 bridgehead atoms. The van der Waals surface area contributed by atoms with Crippen LogP contribution in [0.25, 0.3) is 5.65 Å². The SMILES string of the molecule is CCOc1ccc(CN(C)C(=NC)NCCc2nnc3ccccn23)cc1.I. The molecule has 0 aliphatic rings. The fourth-order valence-corrected chi connectivity index (χ4v) is 2.94. The number of ether oxygens (including phenoxy) is 1. The first-order chi connectivity index (χ1) is 13.2. The van der Waals surface area contributed by atoms with Crippen LogP contribution in [0.3, 0.4) is 0 Å². The molecule has 7 nitrogen and oxygen atoms in total. The van der Waals surface area contributed by atoms with Crippen molar-refractivity contribution in [1.82, 2.24) is 24.8 Å². The van der Waals surface area contributed by atoms with Crippen LogP contribution in [0.15, 0.2) is 53.7 Å². The number of aromatic nitrogens is 3. The van der Waals surface area contributed by atoms with Gasteiger partial charge in [-0.15, -0.1) is 34.2 Å². The summed E-state index contributed by atoms with van der Waals surface area (Å²) in [6.07, 6.45) is 2.75. The molecular formula is C20H27IN6O. The highest BCUT2D eigenvalue weighted by atomic mass is 127. The lowest BCUT2D eigenvalue weighted by Crippen LogP contribution is -2.39. The van der Waals surface area contributed by atoms with E-state index in [9.17, 15) is 0 Å². The molecular weight excluding hydrogens is 467 g/mol. The predicted molar refractivity (Wildman–Crippen MR) is 123 cm³/mol. The minimum Gasteiger partial charge on any atom is -0.494 e. The van der Waals surface area contributed by atoms with Gasteiger partial charge in [-0.05, 0) is 36.8 Å². The maximum Gasteiger partial charge on any atom is 0.193 e. The first-order valence-corrected chi connectivity index (χ1v) is 9.13. The summed E-state index contributed by atoms with van der Waals surface area (Å²) in [6, 6.07) is 14.1. The van der Waals surface area contributed by atoms with E-state index in [4.69, 9.17) is 4.74 Å². The van der Waals surface area contributed by atoms with E-state index in [0.29, 0.717) is 6.61 Å². The van der Waals surface area contributed by atoms with E-state index in [1.807, 2.05) is 54.9 Å². The molecule has 150 valence electrons. The molecule has 0 saturated heterocycles. The Bertz CT molecular complexity index is 893. The summed E-state index contributed by atoms with van der Waals surface area (Å²) in [5.74, 6) is 2.67. The highest BCUT2D eigenvalue weighted by Gasteiger charge is 2.08. The molecule has 0 saturated carbocycles. The molecule has 0 unspecified atom stereocenters. The van der Waals surface area contributed by atoms with Crippen molar-refractivity contribution in [2.75, 3.05) is 27.2 Å². The van der Waals surface area contributed by atoms with E-state index in [-0.39, 0.29) is 24.0 Å². The largest absolute Gasteiger partial charge is 0.494 e. The van der Waals surface area contributed by atoms with Crippen LogP contribution in [-0.4, -0.2) is 52.7 Å². The maximum atomic E-state index is 5.49. The van der Waals surface area contributed by atoms with Crippen molar-refractivity contribution in [2.24, 2.45) is 4.99 Å². The van der Waals surface area contributed by atoms with Crippen molar-refractivity contribution in [3.05, 3.63) is 60.0 Å². The average Bonchev–Trinajstić information content (AvgIpc) is 3.10. The molecule has 1 N–H and O–H groups in total. The number of benzene rings is 1. The van der Waals surface area contributed by atoms with Crippen LogP contribution in [0.1, 0.15) is 18.3 Å². The van der Waals surface area contributed by atoms with Gasteiger partial charge >= 0.3 is 0 Å². The topological polar surface area (TPSA) is 67.0 Å². The highest BCUT2D eigenvalue weighted by molar-refractivity contribution is 14.0. The molecule has 28 heavy (non-hydrogen) atoms. The maximum absolute atomic E-state index is 5.49. The van der Waals surface area contributed by atoms with Gasteiger partial charge in [-0.25, -0.2) is 0 Å². The van der Waals surface area contributed by atoms with E-state index >= 15 is 0 Å². The number of nitrogens with zero attached hydrogens (tertiary/aromatic N) is 5. The molecule has 0 fully saturated rings. The summed E-state index contributed by atoms with van der Waals surface area (Å²) >= 11 is 0. The van der Waals surface area contributed by atoms with Crippen LogP contribution in [-0.2, 0) is 13.0 Å². The van der Waals surface area contributed by atoms with Crippen LogP contribution in [0.5, 0.6) is 5.75 Å². The first kappa shape index (κ1) is 21.9. The Morgan fingerprint density at radius 2 is 1.96 bits per heavy atom. The molecule has 8 heteroatoms. The average molecular weight is 494 g/mol. The smallest absolute Gasteiger partial charge is 0.193 e. The van der Waals surface area contributed by atoms with E-state index in [1.54, 1.807) is 7.05 Å². The molecule has 2 aromatic heterocycles. The van der Waals surface area contributed by atoms with Gasteiger partial charge in [-0.1, -0.05) is 18.2 Å². The Kier molecular flexibility index (Phi) is 8.49. The van der Waals surface area contributed by atoms with Crippen LogP contribution in [0, 0.1) is 0 Å². The number of hydrogen-bond donors (Lipinski definition) is 1. The number of nitrogens with one attached hydrogen (secondary N) is 1. The lowest BCUT2D eigenvalue weighted by atomic mass is 10.2. The summed E-state index contributed by atoms with van der Waals surface area (Å²) in [6.45, 7) is 4.16. The molecule has 0 atom stereocenters. The Morgan fingerprint density at radius 1 is 1.18 bits per heavy atom. The Labute approximate surface area is 182 Å². The van der Waals surface area contributed by atoms with Crippen molar-refractivity contribution in [1.29, 1.82) is 0 Å². The van der Waals surface area contributed by atoms with Crippen LogP contribution in [0.2, 0.25) is 0 Å².